The number of hydrogen-bond acceptors (Lipinski definition) is 5. The van der Waals surface area contributed by atoms with Crippen LogP contribution in [-0.4, -0.2) is 35.2 Å². The summed E-state index contributed by atoms with van der Waals surface area (Å²) in [5.41, 5.74) is 1.04. The van der Waals surface area contributed by atoms with Crippen molar-refractivity contribution in [3.63, 3.8) is 0 Å². The number of carbonyl (C=O) groups is 2. The van der Waals surface area contributed by atoms with Gasteiger partial charge in [-0.25, -0.2) is 4.79 Å². The number of benzene rings is 1. The number of nitriles is 1. The Hall–Kier alpha value is -2.00. The highest BCUT2D eigenvalue weighted by Crippen LogP contribution is 2.54. The molecule has 1 aromatic carbocycles. The number of thioether (sulfide) groups is 1. The summed E-state index contributed by atoms with van der Waals surface area (Å²) in [5, 5.41) is 8.51. The zero-order chi connectivity index (χ0) is 14.9. The van der Waals surface area contributed by atoms with Crippen molar-refractivity contribution in [2.24, 2.45) is 0 Å². The molecule has 1 amide bonds. The van der Waals surface area contributed by atoms with E-state index in [0.717, 1.165) is 5.56 Å². The van der Waals surface area contributed by atoms with E-state index in [4.69, 9.17) is 10.00 Å². The number of rotatable bonds is 3. The van der Waals surface area contributed by atoms with Crippen molar-refractivity contribution in [2.75, 3.05) is 12.4 Å². The normalized spacial score (nSPS) is 27.3. The van der Waals surface area contributed by atoms with Crippen LogP contribution in [0.25, 0.3) is 0 Å². The third kappa shape index (κ3) is 2.18. The van der Waals surface area contributed by atoms with E-state index in [-0.39, 0.29) is 12.5 Å². The molecule has 2 atom stereocenters. The zero-order valence-corrected chi connectivity index (χ0v) is 12.1. The molecule has 0 N–H and O–H groups in total. The van der Waals surface area contributed by atoms with Crippen molar-refractivity contribution in [3.8, 4) is 6.07 Å². The fraction of sp³-hybridized carbons (Fsp3) is 0.400. The van der Waals surface area contributed by atoms with Crippen LogP contribution in [0.15, 0.2) is 30.3 Å². The van der Waals surface area contributed by atoms with Gasteiger partial charge < -0.3 is 9.64 Å². The van der Waals surface area contributed by atoms with E-state index >= 15 is 0 Å². The third-order valence-electron chi connectivity index (χ3n) is 3.90. The lowest BCUT2D eigenvalue weighted by molar-refractivity contribution is -0.152. The van der Waals surface area contributed by atoms with E-state index in [2.05, 4.69) is 0 Å². The summed E-state index contributed by atoms with van der Waals surface area (Å²) in [6, 6.07) is 11.0. The highest BCUT2D eigenvalue weighted by Gasteiger charge is 2.57. The van der Waals surface area contributed by atoms with Gasteiger partial charge in [0.05, 0.1) is 0 Å². The van der Waals surface area contributed by atoms with Gasteiger partial charge in [0, 0.05) is 12.2 Å². The Balaban J connectivity index is 1.92. The number of esters is 1. The molecule has 0 spiro atoms. The Morgan fingerprint density at radius 1 is 1.48 bits per heavy atom. The van der Waals surface area contributed by atoms with E-state index in [9.17, 15) is 9.59 Å². The SMILES string of the molecule is N#CCOC(=O)[C@@H]1CS[C@]2(c3ccccc3)CCC(=O)N12. The standard InChI is InChI=1S/C15H14N2O3S/c16-8-9-20-14(19)12-10-21-15(7-6-13(18)17(12)15)11-4-2-1-3-5-11/h1-5,12H,6-7,9-10H2/t12-,15-/m0/s1. The van der Waals surface area contributed by atoms with Crippen LogP contribution in [0.5, 0.6) is 0 Å². The van der Waals surface area contributed by atoms with E-state index in [1.165, 1.54) is 0 Å². The van der Waals surface area contributed by atoms with Gasteiger partial charge in [0.1, 0.15) is 17.0 Å². The van der Waals surface area contributed by atoms with Crippen molar-refractivity contribution < 1.29 is 14.3 Å². The molecule has 0 aromatic heterocycles. The van der Waals surface area contributed by atoms with Crippen molar-refractivity contribution in [1.29, 1.82) is 5.26 Å². The van der Waals surface area contributed by atoms with Crippen molar-refractivity contribution in [3.05, 3.63) is 35.9 Å². The van der Waals surface area contributed by atoms with E-state index < -0.39 is 16.9 Å². The van der Waals surface area contributed by atoms with Gasteiger partial charge in [0.25, 0.3) is 0 Å². The predicted molar refractivity (Wildman–Crippen MR) is 77.0 cm³/mol. The third-order valence-corrected chi connectivity index (χ3v) is 5.50. The van der Waals surface area contributed by atoms with Crippen LogP contribution in [0.4, 0.5) is 0 Å². The molecule has 21 heavy (non-hydrogen) atoms. The fourth-order valence-electron chi connectivity index (χ4n) is 3.02. The minimum Gasteiger partial charge on any atom is -0.449 e. The quantitative estimate of drug-likeness (QED) is 0.794. The van der Waals surface area contributed by atoms with Gasteiger partial charge in [-0.2, -0.15) is 5.26 Å². The molecule has 0 aliphatic carbocycles. The van der Waals surface area contributed by atoms with Crippen LogP contribution in [0.2, 0.25) is 0 Å². The first kappa shape index (κ1) is 14.0. The molecule has 108 valence electrons. The minimum atomic E-state index is -0.599. The highest BCUT2D eigenvalue weighted by atomic mass is 32.2. The average Bonchev–Trinajstić information content (AvgIpc) is 3.06. The summed E-state index contributed by atoms with van der Waals surface area (Å²) in [4.78, 5) is 25.5. The molecule has 5 nitrogen and oxygen atoms in total. The van der Waals surface area contributed by atoms with Crippen molar-refractivity contribution in [2.45, 2.75) is 23.8 Å². The number of amides is 1. The number of ether oxygens (including phenoxy) is 1. The Labute approximate surface area is 126 Å². The number of fused-ring (bicyclic) bond motifs is 1. The topological polar surface area (TPSA) is 70.4 Å². The van der Waals surface area contributed by atoms with E-state index in [1.807, 2.05) is 30.3 Å². The molecule has 2 aliphatic rings. The molecule has 2 heterocycles. The molecule has 0 bridgehead atoms. The van der Waals surface area contributed by atoms with E-state index in [1.54, 1.807) is 22.7 Å². The molecule has 0 unspecified atom stereocenters. The Kier molecular flexibility index (Phi) is 3.60. The molecule has 0 saturated carbocycles. The Morgan fingerprint density at radius 2 is 2.24 bits per heavy atom. The fourth-order valence-corrected chi connectivity index (χ4v) is 4.65. The van der Waals surface area contributed by atoms with Gasteiger partial charge in [-0.05, 0) is 12.0 Å². The maximum absolute atomic E-state index is 12.3. The van der Waals surface area contributed by atoms with Gasteiger partial charge in [-0.15, -0.1) is 11.8 Å². The Bertz CT molecular complexity index is 613. The van der Waals surface area contributed by atoms with Gasteiger partial charge in [-0.1, -0.05) is 30.3 Å². The Morgan fingerprint density at radius 3 is 2.95 bits per heavy atom. The summed E-state index contributed by atoms with van der Waals surface area (Å²) in [5.74, 6) is -0.00915. The highest BCUT2D eigenvalue weighted by molar-refractivity contribution is 8.00. The van der Waals surface area contributed by atoms with Crippen LogP contribution in [0.3, 0.4) is 0 Å². The van der Waals surface area contributed by atoms with E-state index in [0.29, 0.717) is 18.6 Å². The van der Waals surface area contributed by atoms with Gasteiger partial charge >= 0.3 is 5.97 Å². The number of hydrogen-bond donors (Lipinski definition) is 0. The molecule has 3 rings (SSSR count). The van der Waals surface area contributed by atoms with Gasteiger partial charge in [0.15, 0.2) is 6.61 Å². The average molecular weight is 302 g/mol. The summed E-state index contributed by atoms with van der Waals surface area (Å²) < 4.78 is 4.91. The maximum Gasteiger partial charge on any atom is 0.330 e. The first-order valence-electron chi connectivity index (χ1n) is 6.74. The monoisotopic (exact) mass is 302 g/mol. The summed E-state index contributed by atoms with van der Waals surface area (Å²) in [6.45, 7) is -0.277. The second-order valence-electron chi connectivity index (χ2n) is 5.01. The van der Waals surface area contributed by atoms with Crippen LogP contribution in [0, 0.1) is 11.3 Å². The van der Waals surface area contributed by atoms with Crippen molar-refractivity contribution in [1.82, 2.24) is 4.90 Å². The summed E-state index contributed by atoms with van der Waals surface area (Å²) in [6.07, 6.45) is 1.13. The molecule has 1 aromatic rings. The summed E-state index contributed by atoms with van der Waals surface area (Å²) >= 11 is 1.61. The first-order valence-corrected chi connectivity index (χ1v) is 7.73. The minimum absolute atomic E-state index is 0.0252. The molecule has 2 saturated heterocycles. The maximum atomic E-state index is 12.3. The predicted octanol–water partition coefficient (Wildman–Crippen LogP) is 1.64. The van der Waals surface area contributed by atoms with Gasteiger partial charge in [0.2, 0.25) is 5.91 Å². The smallest absolute Gasteiger partial charge is 0.330 e. The largest absolute Gasteiger partial charge is 0.449 e. The van der Waals surface area contributed by atoms with Gasteiger partial charge in [-0.3, -0.25) is 4.79 Å². The molecule has 6 heteroatoms. The second-order valence-corrected chi connectivity index (χ2v) is 6.30. The lowest BCUT2D eigenvalue weighted by Gasteiger charge is -2.33. The van der Waals surface area contributed by atoms with Crippen molar-refractivity contribution >= 4 is 23.6 Å². The van der Waals surface area contributed by atoms with Crippen LogP contribution >= 0.6 is 11.8 Å². The van der Waals surface area contributed by atoms with Crippen LogP contribution in [-0.2, 0) is 19.2 Å². The lowest BCUT2D eigenvalue weighted by Crippen LogP contribution is -2.46. The molecule has 0 radical (unpaired) electrons. The molecular formula is C15H14N2O3S. The first-order chi connectivity index (χ1) is 10.2. The molecular weight excluding hydrogens is 288 g/mol. The molecule has 2 aliphatic heterocycles. The second kappa shape index (κ2) is 5.41. The molecule has 2 fully saturated rings. The van der Waals surface area contributed by atoms with Crippen LogP contribution in [0.1, 0.15) is 18.4 Å². The lowest BCUT2D eigenvalue weighted by atomic mass is 10.0. The zero-order valence-electron chi connectivity index (χ0n) is 11.3. The summed E-state index contributed by atoms with van der Waals surface area (Å²) in [7, 11) is 0. The van der Waals surface area contributed by atoms with Crippen LogP contribution < -0.4 is 0 Å². The number of carbonyl (C=O) groups excluding carboxylic acids is 2. The number of nitrogens with zero attached hydrogens (tertiary/aromatic N) is 2.